The van der Waals surface area contributed by atoms with E-state index in [1.165, 1.54) is 0 Å². The Hall–Kier alpha value is -1.76. The molecule has 0 bridgehead atoms. The van der Waals surface area contributed by atoms with E-state index in [0.717, 1.165) is 16.9 Å². The van der Waals surface area contributed by atoms with Crippen LogP contribution in [0.3, 0.4) is 0 Å². The molecule has 1 aromatic carbocycles. The summed E-state index contributed by atoms with van der Waals surface area (Å²) in [5, 5.41) is 2.81. The first kappa shape index (κ1) is 18.6. The summed E-state index contributed by atoms with van der Waals surface area (Å²) >= 11 is 0. The highest BCUT2D eigenvalue weighted by Gasteiger charge is 2.33. The van der Waals surface area contributed by atoms with E-state index in [9.17, 15) is 13.2 Å². The fourth-order valence-corrected chi connectivity index (χ4v) is 4.60. The predicted molar refractivity (Wildman–Crippen MR) is 94.2 cm³/mol. The van der Waals surface area contributed by atoms with Gasteiger partial charge < -0.3 is 15.0 Å². The Morgan fingerprint density at radius 2 is 2.12 bits per heavy atom. The predicted octanol–water partition coefficient (Wildman–Crippen LogP) is 1.90. The van der Waals surface area contributed by atoms with Gasteiger partial charge in [-0.05, 0) is 44.4 Å². The summed E-state index contributed by atoms with van der Waals surface area (Å²) in [5.41, 5.74) is 2.18. The summed E-state index contributed by atoms with van der Waals surface area (Å²) in [6.45, 7) is 7.08. The lowest BCUT2D eigenvalue weighted by Crippen LogP contribution is -2.47. The van der Waals surface area contributed by atoms with Crippen molar-refractivity contribution < 1.29 is 17.9 Å². The lowest BCUT2D eigenvalue weighted by molar-refractivity contribution is 0.181. The Bertz CT molecular complexity index is 688. The van der Waals surface area contributed by atoms with Crippen LogP contribution in [0.1, 0.15) is 24.5 Å². The van der Waals surface area contributed by atoms with E-state index in [2.05, 4.69) is 5.32 Å². The number of carbonyl (C=O) groups excluding carboxylic acids is 1. The van der Waals surface area contributed by atoms with Gasteiger partial charge in [0.05, 0.1) is 18.1 Å². The first-order chi connectivity index (χ1) is 11.3. The minimum absolute atomic E-state index is 0.0627. The molecule has 1 N–H and O–H groups in total. The molecule has 1 fully saturated rings. The molecule has 134 valence electrons. The number of benzene rings is 1. The zero-order valence-electron chi connectivity index (χ0n) is 14.5. The van der Waals surface area contributed by atoms with E-state index >= 15 is 0 Å². The highest BCUT2D eigenvalue weighted by atomic mass is 32.2. The van der Waals surface area contributed by atoms with Gasteiger partial charge >= 0.3 is 6.03 Å². The van der Waals surface area contributed by atoms with Gasteiger partial charge in [-0.3, -0.25) is 0 Å². The smallest absolute Gasteiger partial charge is 0.317 e. The standard InChI is InChI=1S/C17H26N2O4S/c1-4-19(15-7-10-24(21,22)12-15)17(20)18-8-9-23-16-11-13(2)5-6-14(16)3/h5-6,11,15H,4,7-10,12H2,1-3H3,(H,18,20). The average molecular weight is 354 g/mol. The fraction of sp³-hybridized carbons (Fsp3) is 0.588. The van der Waals surface area contributed by atoms with Gasteiger partial charge in [0.25, 0.3) is 0 Å². The number of aryl methyl sites for hydroxylation is 2. The molecule has 1 aliphatic heterocycles. The van der Waals surface area contributed by atoms with E-state index in [-0.39, 0.29) is 23.6 Å². The van der Waals surface area contributed by atoms with Crippen LogP contribution in [0.5, 0.6) is 5.75 Å². The van der Waals surface area contributed by atoms with Crippen molar-refractivity contribution in [3.05, 3.63) is 29.3 Å². The van der Waals surface area contributed by atoms with Crippen molar-refractivity contribution in [2.75, 3.05) is 31.2 Å². The molecule has 0 spiro atoms. The van der Waals surface area contributed by atoms with Crippen LogP contribution in [0, 0.1) is 13.8 Å². The third kappa shape index (κ3) is 4.87. The van der Waals surface area contributed by atoms with Crippen molar-refractivity contribution in [1.82, 2.24) is 10.2 Å². The number of sulfone groups is 1. The van der Waals surface area contributed by atoms with Crippen LogP contribution < -0.4 is 10.1 Å². The molecule has 1 aromatic rings. The lowest BCUT2D eigenvalue weighted by Gasteiger charge is -2.27. The molecular formula is C17H26N2O4S. The summed E-state index contributed by atoms with van der Waals surface area (Å²) < 4.78 is 28.9. The second-order valence-corrected chi connectivity index (χ2v) is 8.42. The molecule has 2 amide bonds. The number of amides is 2. The van der Waals surface area contributed by atoms with Gasteiger partial charge in [0, 0.05) is 12.6 Å². The minimum atomic E-state index is -3.00. The Balaban J connectivity index is 1.80. The molecule has 1 saturated heterocycles. The van der Waals surface area contributed by atoms with Gasteiger partial charge in [-0.25, -0.2) is 13.2 Å². The van der Waals surface area contributed by atoms with E-state index in [1.807, 2.05) is 39.0 Å². The summed E-state index contributed by atoms with van der Waals surface area (Å²) in [4.78, 5) is 13.9. The van der Waals surface area contributed by atoms with Crippen molar-refractivity contribution in [2.45, 2.75) is 33.2 Å². The number of hydrogen-bond donors (Lipinski definition) is 1. The van der Waals surface area contributed by atoms with E-state index in [1.54, 1.807) is 4.90 Å². The number of ether oxygens (including phenoxy) is 1. The van der Waals surface area contributed by atoms with Gasteiger partial charge in [-0.2, -0.15) is 0 Å². The Kier molecular flexibility index (Phi) is 6.10. The van der Waals surface area contributed by atoms with Crippen LogP contribution in [-0.4, -0.2) is 56.6 Å². The highest BCUT2D eigenvalue weighted by molar-refractivity contribution is 7.91. The zero-order valence-corrected chi connectivity index (χ0v) is 15.4. The maximum Gasteiger partial charge on any atom is 0.317 e. The average Bonchev–Trinajstić information content (AvgIpc) is 2.87. The molecule has 24 heavy (non-hydrogen) atoms. The molecule has 7 heteroatoms. The second-order valence-electron chi connectivity index (χ2n) is 6.19. The summed E-state index contributed by atoms with van der Waals surface area (Å²) in [6, 6.07) is 5.55. The highest BCUT2D eigenvalue weighted by Crippen LogP contribution is 2.19. The van der Waals surface area contributed by atoms with Crippen LogP contribution in [0.25, 0.3) is 0 Å². The molecule has 0 aromatic heterocycles. The van der Waals surface area contributed by atoms with Gasteiger partial charge in [-0.1, -0.05) is 12.1 Å². The van der Waals surface area contributed by atoms with Crippen molar-refractivity contribution in [3.63, 3.8) is 0 Å². The third-order valence-corrected chi connectivity index (χ3v) is 5.98. The summed E-state index contributed by atoms with van der Waals surface area (Å²) in [5.74, 6) is 1.04. The summed E-state index contributed by atoms with van der Waals surface area (Å²) in [7, 11) is -3.00. The van der Waals surface area contributed by atoms with E-state index in [0.29, 0.717) is 26.1 Å². The van der Waals surface area contributed by atoms with Crippen LogP contribution in [0.15, 0.2) is 18.2 Å². The van der Waals surface area contributed by atoms with Crippen molar-refractivity contribution in [1.29, 1.82) is 0 Å². The van der Waals surface area contributed by atoms with E-state index < -0.39 is 9.84 Å². The van der Waals surface area contributed by atoms with Crippen LogP contribution in [-0.2, 0) is 9.84 Å². The topological polar surface area (TPSA) is 75.7 Å². The molecule has 1 aliphatic rings. The molecule has 0 radical (unpaired) electrons. The molecule has 0 aliphatic carbocycles. The van der Waals surface area contributed by atoms with Gasteiger partial charge in [-0.15, -0.1) is 0 Å². The SMILES string of the molecule is CCN(C(=O)NCCOc1cc(C)ccc1C)C1CCS(=O)(=O)C1. The molecule has 2 rings (SSSR count). The fourth-order valence-electron chi connectivity index (χ4n) is 2.87. The second kappa shape index (κ2) is 7.88. The summed E-state index contributed by atoms with van der Waals surface area (Å²) in [6.07, 6.45) is 0.516. The molecule has 1 atom stereocenters. The Morgan fingerprint density at radius 1 is 1.38 bits per heavy atom. The first-order valence-electron chi connectivity index (χ1n) is 8.27. The van der Waals surface area contributed by atoms with Gasteiger partial charge in [0.15, 0.2) is 9.84 Å². The van der Waals surface area contributed by atoms with Gasteiger partial charge in [0.2, 0.25) is 0 Å². The van der Waals surface area contributed by atoms with Crippen molar-refractivity contribution in [3.8, 4) is 5.75 Å². The lowest BCUT2D eigenvalue weighted by atomic mass is 10.1. The van der Waals surface area contributed by atoms with Crippen molar-refractivity contribution in [2.24, 2.45) is 0 Å². The molecule has 6 nitrogen and oxygen atoms in total. The number of nitrogens with one attached hydrogen (secondary N) is 1. The number of nitrogens with zero attached hydrogens (tertiary/aromatic N) is 1. The minimum Gasteiger partial charge on any atom is -0.491 e. The number of rotatable bonds is 6. The Morgan fingerprint density at radius 3 is 2.75 bits per heavy atom. The molecule has 1 unspecified atom stereocenters. The van der Waals surface area contributed by atoms with Gasteiger partial charge in [0.1, 0.15) is 12.4 Å². The number of hydrogen-bond acceptors (Lipinski definition) is 4. The third-order valence-electron chi connectivity index (χ3n) is 4.23. The quantitative estimate of drug-likeness (QED) is 0.792. The zero-order chi connectivity index (χ0) is 17.7. The maximum atomic E-state index is 12.3. The van der Waals surface area contributed by atoms with Crippen LogP contribution >= 0.6 is 0 Å². The number of urea groups is 1. The molecular weight excluding hydrogens is 328 g/mol. The van der Waals surface area contributed by atoms with E-state index in [4.69, 9.17) is 4.74 Å². The van der Waals surface area contributed by atoms with Crippen LogP contribution in [0.2, 0.25) is 0 Å². The first-order valence-corrected chi connectivity index (χ1v) is 10.1. The normalized spacial score (nSPS) is 19.0. The monoisotopic (exact) mass is 354 g/mol. The van der Waals surface area contributed by atoms with Crippen LogP contribution in [0.4, 0.5) is 4.79 Å². The largest absolute Gasteiger partial charge is 0.491 e. The maximum absolute atomic E-state index is 12.3. The molecule has 0 saturated carbocycles. The van der Waals surface area contributed by atoms with Crippen molar-refractivity contribution >= 4 is 15.9 Å². The Labute approximate surface area is 144 Å². The number of carbonyl (C=O) groups is 1. The molecule has 1 heterocycles.